The van der Waals surface area contributed by atoms with Crippen LogP contribution in [0.5, 0.6) is 23.0 Å². The highest BCUT2D eigenvalue weighted by Crippen LogP contribution is 2.56. The molecule has 0 amide bonds. The highest BCUT2D eigenvalue weighted by Gasteiger charge is 2.43. The van der Waals surface area contributed by atoms with Gasteiger partial charge in [0.2, 0.25) is 0 Å². The largest absolute Gasteiger partial charge is 0.496 e. The third kappa shape index (κ3) is 7.51. The zero-order chi connectivity index (χ0) is 38.7. The van der Waals surface area contributed by atoms with Gasteiger partial charge in [-0.25, -0.2) is 0 Å². The molecule has 0 bridgehead atoms. The van der Waals surface area contributed by atoms with Crippen molar-refractivity contribution in [2.24, 2.45) is 0 Å². The molecule has 0 saturated carbocycles. The first-order chi connectivity index (χ1) is 25.7. The van der Waals surface area contributed by atoms with E-state index in [2.05, 4.69) is 0 Å². The Kier molecular flexibility index (Phi) is 11.0. The quantitative estimate of drug-likeness (QED) is 0.123. The van der Waals surface area contributed by atoms with Crippen molar-refractivity contribution in [3.63, 3.8) is 0 Å². The zero-order valence-electron chi connectivity index (χ0n) is 32.2. The van der Waals surface area contributed by atoms with Crippen LogP contribution in [0.1, 0.15) is 41.5 Å². The van der Waals surface area contributed by atoms with Crippen molar-refractivity contribution in [1.29, 1.82) is 0 Å². The fraction of sp³-hybridized carbons (Fsp3) is 0.217. The average Bonchev–Trinajstić information content (AvgIpc) is 3.17. The van der Waals surface area contributed by atoms with Crippen molar-refractivity contribution >= 4 is 46.1 Å². The van der Waals surface area contributed by atoms with Gasteiger partial charge in [-0.1, -0.05) is 121 Å². The van der Waals surface area contributed by atoms with E-state index in [-0.39, 0.29) is 0 Å². The van der Waals surface area contributed by atoms with Crippen molar-refractivity contribution in [2.75, 3.05) is 14.2 Å². The molecule has 8 heteroatoms. The molecular formula is C46H48O6P2. The van der Waals surface area contributed by atoms with Crippen molar-refractivity contribution < 1.29 is 28.1 Å². The molecule has 0 aromatic heterocycles. The summed E-state index contributed by atoms with van der Waals surface area (Å²) >= 11 is 0. The summed E-state index contributed by atoms with van der Waals surface area (Å²) in [4.78, 5) is 0. The smallest absolute Gasteiger partial charge is 0.175 e. The number of methoxy groups -OCH3 is 2. The summed E-state index contributed by atoms with van der Waals surface area (Å²) < 4.78 is 59.5. The Morgan fingerprint density at radius 1 is 0.370 bits per heavy atom. The van der Waals surface area contributed by atoms with Crippen LogP contribution in [0.25, 0.3) is 11.1 Å². The van der Waals surface area contributed by atoms with E-state index in [0.29, 0.717) is 66.0 Å². The molecule has 0 aliphatic rings. The number of hydrogen-bond donors (Lipinski definition) is 0. The van der Waals surface area contributed by atoms with Crippen LogP contribution in [0, 0.1) is 0 Å². The van der Waals surface area contributed by atoms with Gasteiger partial charge in [-0.05, 0) is 65.8 Å². The molecule has 54 heavy (non-hydrogen) atoms. The Morgan fingerprint density at radius 3 is 0.833 bits per heavy atom. The third-order valence-corrected chi connectivity index (χ3v) is 15.1. The molecule has 0 fully saturated rings. The minimum Gasteiger partial charge on any atom is -0.496 e. The Hall–Kier alpha value is -5.02. The van der Waals surface area contributed by atoms with Gasteiger partial charge in [0, 0.05) is 32.3 Å². The maximum Gasteiger partial charge on any atom is 0.175 e. The van der Waals surface area contributed by atoms with Crippen LogP contribution in [0.15, 0.2) is 146 Å². The van der Waals surface area contributed by atoms with Crippen molar-refractivity contribution in [2.45, 2.75) is 52.7 Å². The molecule has 0 saturated heterocycles. The minimum absolute atomic E-state index is 0.398. The van der Waals surface area contributed by atoms with Crippen LogP contribution in [-0.4, -0.2) is 25.4 Å². The lowest BCUT2D eigenvalue weighted by molar-refractivity contribution is 0.131. The number of hydrogen-bond acceptors (Lipinski definition) is 6. The summed E-state index contributed by atoms with van der Waals surface area (Å²) in [5.41, 5.74) is -0.499. The first kappa shape index (κ1) is 38.7. The normalized spacial score (nSPS) is 12.2. The standard InChI is InChI=1S/C46H48O6P2/c1-45(2,3)51-39-31-29-37(49-7)41(43(39)53(47,33-21-13-9-14-22-33)34-23-15-10-16-24-34)42-38(50-8)30-32-40(52-46(4,5)6)44(42)54(48,35-25-17-11-18-26-35)36-27-19-12-20-28-36/h9-32H,1-8H3. The van der Waals surface area contributed by atoms with E-state index in [1.165, 1.54) is 0 Å². The molecule has 0 unspecified atom stereocenters. The van der Waals surface area contributed by atoms with E-state index in [0.717, 1.165) is 0 Å². The topological polar surface area (TPSA) is 71.1 Å². The average molecular weight is 759 g/mol. The summed E-state index contributed by atoms with van der Waals surface area (Å²) in [6.45, 7) is 11.7. The SMILES string of the molecule is COc1ccc(OC(C)(C)C)c(P(=O)(c2ccccc2)c2ccccc2)c1-c1c(OC)ccc(OC(C)(C)C)c1P(=O)(c1ccccc1)c1ccccc1. The number of benzene rings is 6. The van der Waals surface area contributed by atoms with Gasteiger partial charge in [0.05, 0.1) is 24.8 Å². The van der Waals surface area contributed by atoms with E-state index in [1.807, 2.05) is 187 Å². The van der Waals surface area contributed by atoms with Crippen LogP contribution < -0.4 is 50.8 Å². The first-order valence-corrected chi connectivity index (χ1v) is 21.4. The highest BCUT2D eigenvalue weighted by molar-refractivity contribution is 7.86. The zero-order valence-corrected chi connectivity index (χ0v) is 34.0. The van der Waals surface area contributed by atoms with Gasteiger partial charge in [0.1, 0.15) is 34.2 Å². The molecule has 0 atom stereocenters. The molecule has 6 rings (SSSR count). The lowest BCUT2D eigenvalue weighted by atomic mass is 10.0. The Bertz CT molecular complexity index is 2060. The number of rotatable bonds is 11. The molecule has 0 spiro atoms. The van der Waals surface area contributed by atoms with Crippen LogP contribution >= 0.6 is 14.3 Å². The maximum atomic E-state index is 16.7. The monoisotopic (exact) mass is 758 g/mol. The van der Waals surface area contributed by atoms with E-state index in [4.69, 9.17) is 18.9 Å². The highest BCUT2D eigenvalue weighted by atomic mass is 31.2. The minimum atomic E-state index is -3.84. The molecule has 6 aromatic rings. The molecule has 0 N–H and O–H groups in total. The van der Waals surface area contributed by atoms with Crippen molar-refractivity contribution in [3.05, 3.63) is 146 Å². The van der Waals surface area contributed by atoms with E-state index in [1.54, 1.807) is 14.2 Å². The van der Waals surface area contributed by atoms with Gasteiger partial charge in [-0.3, -0.25) is 0 Å². The van der Waals surface area contributed by atoms with Crippen LogP contribution in [0.2, 0.25) is 0 Å². The van der Waals surface area contributed by atoms with E-state index in [9.17, 15) is 0 Å². The summed E-state index contributed by atoms with van der Waals surface area (Å²) in [6, 6.07) is 45.0. The van der Waals surface area contributed by atoms with Crippen molar-refractivity contribution in [3.8, 4) is 34.1 Å². The Morgan fingerprint density at radius 2 is 0.611 bits per heavy atom. The van der Waals surface area contributed by atoms with Crippen LogP contribution in [-0.2, 0) is 9.13 Å². The van der Waals surface area contributed by atoms with E-state index < -0.39 is 25.5 Å². The summed E-state index contributed by atoms with van der Waals surface area (Å²) in [6.07, 6.45) is 0. The molecule has 278 valence electrons. The fourth-order valence-electron chi connectivity index (χ4n) is 6.75. The fourth-order valence-corrected chi connectivity index (χ4v) is 12.7. The molecular weight excluding hydrogens is 710 g/mol. The van der Waals surface area contributed by atoms with Gasteiger partial charge < -0.3 is 28.1 Å². The van der Waals surface area contributed by atoms with Gasteiger partial charge in [0.25, 0.3) is 0 Å². The maximum absolute atomic E-state index is 16.7. The predicted octanol–water partition coefficient (Wildman–Crippen LogP) is 9.00. The molecule has 0 aliphatic heterocycles. The Labute approximate surface area is 319 Å². The van der Waals surface area contributed by atoms with Crippen LogP contribution in [0.4, 0.5) is 0 Å². The van der Waals surface area contributed by atoms with Crippen LogP contribution in [0.3, 0.4) is 0 Å². The molecule has 0 heterocycles. The molecule has 6 nitrogen and oxygen atoms in total. The molecule has 0 aliphatic carbocycles. The molecule has 6 aromatic carbocycles. The van der Waals surface area contributed by atoms with E-state index >= 15 is 9.13 Å². The predicted molar refractivity (Wildman–Crippen MR) is 225 cm³/mol. The lowest BCUT2D eigenvalue weighted by Gasteiger charge is -2.33. The lowest BCUT2D eigenvalue weighted by Crippen LogP contribution is -2.34. The Balaban J connectivity index is 1.92. The van der Waals surface area contributed by atoms with Gasteiger partial charge in [0.15, 0.2) is 14.3 Å². The summed E-state index contributed by atoms with van der Waals surface area (Å²) in [5, 5.41) is 3.19. The first-order valence-electron chi connectivity index (χ1n) is 18.0. The van der Waals surface area contributed by atoms with Gasteiger partial charge >= 0.3 is 0 Å². The second kappa shape index (κ2) is 15.4. The second-order valence-electron chi connectivity index (χ2n) is 15.0. The third-order valence-electron chi connectivity index (χ3n) is 8.84. The second-order valence-corrected chi connectivity index (χ2v) is 20.4. The molecule has 0 radical (unpaired) electrons. The van der Waals surface area contributed by atoms with Crippen molar-refractivity contribution in [1.82, 2.24) is 0 Å². The summed E-state index contributed by atoms with van der Waals surface area (Å²) in [5.74, 6) is 1.61. The van der Waals surface area contributed by atoms with Gasteiger partial charge in [-0.2, -0.15) is 0 Å². The van der Waals surface area contributed by atoms with Gasteiger partial charge in [-0.15, -0.1) is 0 Å². The summed E-state index contributed by atoms with van der Waals surface area (Å²) in [7, 11) is -4.51. The number of ether oxygens (including phenoxy) is 4.